The van der Waals surface area contributed by atoms with E-state index in [1.54, 1.807) is 0 Å². The van der Waals surface area contributed by atoms with E-state index >= 15 is 0 Å². The molecule has 1 saturated heterocycles. The Morgan fingerprint density at radius 1 is 1.25 bits per heavy atom. The highest BCUT2D eigenvalue weighted by atomic mass is 32.2. The van der Waals surface area contributed by atoms with Gasteiger partial charge in [0.25, 0.3) is 0 Å². The number of hydrazine groups is 1. The molecule has 0 bridgehead atoms. The summed E-state index contributed by atoms with van der Waals surface area (Å²) < 4.78 is 23.9. The highest BCUT2D eigenvalue weighted by Gasteiger charge is 2.17. The topological polar surface area (TPSA) is 75.4 Å². The van der Waals surface area contributed by atoms with Gasteiger partial charge in [0.05, 0.1) is 5.75 Å². The maximum Gasteiger partial charge on any atom is 0.225 e. The van der Waals surface area contributed by atoms with E-state index in [1.165, 1.54) is 18.2 Å². The fourth-order valence-electron chi connectivity index (χ4n) is 2.10. The highest BCUT2D eigenvalue weighted by molar-refractivity contribution is 8.00. The quantitative estimate of drug-likeness (QED) is 0.617. The molecule has 112 valence electrons. The van der Waals surface area contributed by atoms with Crippen LogP contribution in [-0.4, -0.2) is 38.0 Å². The molecule has 0 aromatic heterocycles. The van der Waals surface area contributed by atoms with Crippen molar-refractivity contribution in [3.8, 4) is 0 Å². The van der Waals surface area contributed by atoms with Crippen molar-refractivity contribution in [1.82, 2.24) is 9.84 Å². The van der Waals surface area contributed by atoms with E-state index in [1.807, 2.05) is 29.3 Å². The highest BCUT2D eigenvalue weighted by Crippen LogP contribution is 2.20. The first-order valence-corrected chi connectivity index (χ1v) is 9.42. The van der Waals surface area contributed by atoms with E-state index < -0.39 is 10.0 Å². The summed E-state index contributed by atoms with van der Waals surface area (Å²) in [6, 6.07) is 7.48. The second-order valence-electron chi connectivity index (χ2n) is 4.88. The van der Waals surface area contributed by atoms with E-state index in [0.29, 0.717) is 11.4 Å². The zero-order chi connectivity index (χ0) is 14.4. The lowest BCUT2D eigenvalue weighted by atomic mass is 10.2. The maximum absolute atomic E-state index is 12.0. The second kappa shape index (κ2) is 7.31. The van der Waals surface area contributed by atoms with Gasteiger partial charge >= 0.3 is 0 Å². The van der Waals surface area contributed by atoms with Crippen LogP contribution in [0.15, 0.2) is 29.2 Å². The van der Waals surface area contributed by atoms with Crippen LogP contribution >= 0.6 is 11.8 Å². The Hall–Kier alpha value is -0.760. The number of nitrogen functional groups attached to an aromatic ring is 1. The van der Waals surface area contributed by atoms with Crippen LogP contribution in [0.5, 0.6) is 0 Å². The minimum absolute atomic E-state index is 0.114. The predicted octanol–water partition coefficient (Wildman–Crippen LogP) is 1.68. The monoisotopic (exact) mass is 315 g/mol. The van der Waals surface area contributed by atoms with Crippen LogP contribution in [0.1, 0.15) is 19.3 Å². The van der Waals surface area contributed by atoms with Gasteiger partial charge in [0, 0.05) is 29.4 Å². The SMILES string of the molecule is Nc1cccc(SCCS(=O)(=O)NN2CCCCC2)c1. The molecule has 1 aliphatic heterocycles. The normalized spacial score (nSPS) is 17.2. The zero-order valence-corrected chi connectivity index (χ0v) is 13.0. The molecule has 3 N–H and O–H groups in total. The minimum atomic E-state index is -3.24. The van der Waals surface area contributed by atoms with Gasteiger partial charge in [-0.25, -0.2) is 13.4 Å². The van der Waals surface area contributed by atoms with Crippen LogP contribution in [0.4, 0.5) is 5.69 Å². The molecule has 0 spiro atoms. The average Bonchev–Trinajstić information content (AvgIpc) is 2.39. The Balaban J connectivity index is 1.77. The fraction of sp³-hybridized carbons (Fsp3) is 0.538. The number of anilines is 1. The van der Waals surface area contributed by atoms with Crippen LogP contribution < -0.4 is 10.6 Å². The van der Waals surface area contributed by atoms with E-state index in [0.717, 1.165) is 30.8 Å². The van der Waals surface area contributed by atoms with Gasteiger partial charge < -0.3 is 5.73 Å². The molecular formula is C13H21N3O2S2. The Labute approximate surface area is 124 Å². The molecule has 0 radical (unpaired) electrons. The smallest absolute Gasteiger partial charge is 0.225 e. The van der Waals surface area contributed by atoms with E-state index in [9.17, 15) is 8.42 Å². The summed E-state index contributed by atoms with van der Waals surface area (Å²) in [5, 5.41) is 1.81. The van der Waals surface area contributed by atoms with Crippen molar-refractivity contribution in [3.05, 3.63) is 24.3 Å². The first kappa shape index (κ1) is 15.6. The van der Waals surface area contributed by atoms with Gasteiger partial charge in [-0.05, 0) is 31.0 Å². The van der Waals surface area contributed by atoms with E-state index in [-0.39, 0.29) is 5.75 Å². The molecule has 1 aromatic carbocycles. The van der Waals surface area contributed by atoms with Gasteiger partial charge in [-0.2, -0.15) is 0 Å². The summed E-state index contributed by atoms with van der Waals surface area (Å²) >= 11 is 1.51. The Morgan fingerprint density at radius 3 is 2.70 bits per heavy atom. The number of piperidine rings is 1. The van der Waals surface area contributed by atoms with Crippen LogP contribution in [0.25, 0.3) is 0 Å². The molecule has 0 aliphatic carbocycles. The van der Waals surface area contributed by atoms with E-state index in [2.05, 4.69) is 4.83 Å². The lowest BCUT2D eigenvalue weighted by molar-refractivity contribution is 0.200. The van der Waals surface area contributed by atoms with Gasteiger partial charge in [0.1, 0.15) is 0 Å². The molecule has 1 heterocycles. The number of hydrogen-bond donors (Lipinski definition) is 2. The maximum atomic E-state index is 12.0. The molecular weight excluding hydrogens is 294 g/mol. The molecule has 0 atom stereocenters. The van der Waals surface area contributed by atoms with Gasteiger partial charge in [0.2, 0.25) is 10.0 Å². The summed E-state index contributed by atoms with van der Waals surface area (Å²) in [7, 11) is -3.24. The molecule has 1 aliphatic rings. The predicted molar refractivity (Wildman–Crippen MR) is 83.9 cm³/mol. The number of thioether (sulfide) groups is 1. The number of rotatable bonds is 6. The third kappa shape index (κ3) is 5.32. The van der Waals surface area contributed by atoms with Gasteiger partial charge in [-0.15, -0.1) is 16.6 Å². The van der Waals surface area contributed by atoms with Crippen molar-refractivity contribution in [3.63, 3.8) is 0 Å². The molecule has 5 nitrogen and oxygen atoms in total. The molecule has 20 heavy (non-hydrogen) atoms. The molecule has 0 saturated carbocycles. The largest absolute Gasteiger partial charge is 0.399 e. The third-order valence-electron chi connectivity index (χ3n) is 3.10. The first-order valence-electron chi connectivity index (χ1n) is 6.79. The zero-order valence-electron chi connectivity index (χ0n) is 11.4. The van der Waals surface area contributed by atoms with Crippen molar-refractivity contribution >= 4 is 27.5 Å². The van der Waals surface area contributed by atoms with Crippen molar-refractivity contribution in [2.75, 3.05) is 30.3 Å². The fourth-order valence-corrected chi connectivity index (χ4v) is 4.61. The lowest BCUT2D eigenvalue weighted by Crippen LogP contribution is -2.46. The number of nitrogens with one attached hydrogen (secondary N) is 1. The third-order valence-corrected chi connectivity index (χ3v) is 5.64. The van der Waals surface area contributed by atoms with Crippen LogP contribution in [-0.2, 0) is 10.0 Å². The summed E-state index contributed by atoms with van der Waals surface area (Å²) in [4.78, 5) is 3.66. The lowest BCUT2D eigenvalue weighted by Gasteiger charge is -2.26. The molecule has 1 aromatic rings. The van der Waals surface area contributed by atoms with Gasteiger partial charge in [-0.3, -0.25) is 0 Å². The number of nitrogens with two attached hydrogens (primary N) is 1. The van der Waals surface area contributed by atoms with Crippen molar-refractivity contribution in [2.45, 2.75) is 24.2 Å². The average molecular weight is 315 g/mol. The Kier molecular flexibility index (Phi) is 5.71. The van der Waals surface area contributed by atoms with E-state index in [4.69, 9.17) is 5.73 Å². The summed E-state index contributed by atoms with van der Waals surface area (Å²) in [5.41, 5.74) is 6.39. The number of hydrogen-bond acceptors (Lipinski definition) is 5. The number of sulfonamides is 1. The molecule has 2 rings (SSSR count). The van der Waals surface area contributed by atoms with Crippen LogP contribution in [0, 0.1) is 0 Å². The number of nitrogens with zero attached hydrogens (tertiary/aromatic N) is 1. The van der Waals surface area contributed by atoms with Gasteiger partial charge in [-0.1, -0.05) is 12.5 Å². The molecule has 1 fully saturated rings. The Bertz CT molecular complexity index is 528. The molecule has 7 heteroatoms. The van der Waals surface area contributed by atoms with Gasteiger partial charge in [0.15, 0.2) is 0 Å². The Morgan fingerprint density at radius 2 is 2.00 bits per heavy atom. The second-order valence-corrected chi connectivity index (χ2v) is 7.87. The molecule has 0 unspecified atom stereocenters. The van der Waals surface area contributed by atoms with Crippen LogP contribution in [0.2, 0.25) is 0 Å². The standard InChI is InChI=1S/C13H21N3O2S2/c14-12-5-4-6-13(11-12)19-9-10-20(17,18)15-16-7-2-1-3-8-16/h4-6,11,15H,1-3,7-10,14H2. The summed E-state index contributed by atoms with van der Waals surface area (Å²) in [6.07, 6.45) is 3.30. The molecule has 0 amide bonds. The van der Waals surface area contributed by atoms with Crippen molar-refractivity contribution in [2.24, 2.45) is 0 Å². The van der Waals surface area contributed by atoms with Crippen LogP contribution in [0.3, 0.4) is 0 Å². The number of benzene rings is 1. The summed E-state index contributed by atoms with van der Waals surface area (Å²) in [6.45, 7) is 1.61. The first-order chi connectivity index (χ1) is 9.55. The van der Waals surface area contributed by atoms with Crippen molar-refractivity contribution in [1.29, 1.82) is 0 Å². The summed E-state index contributed by atoms with van der Waals surface area (Å²) in [5.74, 6) is 0.635. The minimum Gasteiger partial charge on any atom is -0.399 e. The van der Waals surface area contributed by atoms with Crippen molar-refractivity contribution < 1.29 is 8.42 Å².